The van der Waals surface area contributed by atoms with Gasteiger partial charge in [-0.3, -0.25) is 4.68 Å². The third-order valence-electron chi connectivity index (χ3n) is 2.40. The van der Waals surface area contributed by atoms with E-state index in [4.69, 9.17) is 16.3 Å². The lowest BCUT2D eigenvalue weighted by atomic mass is 10.0. The highest BCUT2D eigenvalue weighted by atomic mass is 127. The van der Waals surface area contributed by atoms with Crippen LogP contribution < -0.4 is 0 Å². The lowest BCUT2D eigenvalue weighted by Gasteiger charge is -2.25. The van der Waals surface area contributed by atoms with Crippen LogP contribution in [0.25, 0.3) is 0 Å². The number of rotatable bonds is 2. The number of hydrogen-bond donors (Lipinski definition) is 0. The predicted molar refractivity (Wildman–Crippen MR) is 63.3 cm³/mol. The molecule has 5 heteroatoms. The van der Waals surface area contributed by atoms with Gasteiger partial charge in [0.05, 0.1) is 0 Å². The van der Waals surface area contributed by atoms with Crippen molar-refractivity contribution in [2.75, 3.05) is 6.61 Å². The summed E-state index contributed by atoms with van der Waals surface area (Å²) in [7, 11) is 0. The van der Waals surface area contributed by atoms with E-state index in [9.17, 15) is 0 Å². The number of nitrogens with zero attached hydrogens (tertiary/aromatic N) is 2. The van der Waals surface area contributed by atoms with Gasteiger partial charge in [0, 0.05) is 19.3 Å². The molecule has 0 spiro atoms. The molecule has 0 aromatic carbocycles. The molecule has 78 valence electrons. The van der Waals surface area contributed by atoms with Crippen molar-refractivity contribution < 1.29 is 4.74 Å². The van der Waals surface area contributed by atoms with Crippen molar-refractivity contribution in [1.29, 1.82) is 0 Å². The second-order valence-corrected chi connectivity index (χ2v) is 5.12. The Bertz CT molecular complexity index is 305. The fraction of sp³-hybridized carbons (Fsp3) is 0.667. The Morgan fingerprint density at radius 3 is 3.21 bits per heavy atom. The van der Waals surface area contributed by atoms with Gasteiger partial charge in [0.25, 0.3) is 0 Å². The van der Waals surface area contributed by atoms with Gasteiger partial charge < -0.3 is 4.74 Å². The zero-order valence-corrected chi connectivity index (χ0v) is 10.6. The summed E-state index contributed by atoms with van der Waals surface area (Å²) in [5, 5.41) is 4.35. The fourth-order valence-electron chi connectivity index (χ4n) is 1.68. The quantitative estimate of drug-likeness (QED) is 0.617. The van der Waals surface area contributed by atoms with E-state index < -0.39 is 0 Å². The number of halogens is 2. The molecule has 0 saturated carbocycles. The molecule has 1 saturated heterocycles. The van der Waals surface area contributed by atoms with Gasteiger partial charge in [0.15, 0.2) is 0 Å². The highest BCUT2D eigenvalue weighted by Crippen LogP contribution is 2.23. The van der Waals surface area contributed by atoms with E-state index in [-0.39, 0.29) is 5.56 Å². The topological polar surface area (TPSA) is 27.1 Å². The fourth-order valence-corrected chi connectivity index (χ4v) is 2.46. The van der Waals surface area contributed by atoms with E-state index in [1.165, 1.54) is 0 Å². The van der Waals surface area contributed by atoms with Crippen LogP contribution >= 0.6 is 34.2 Å². The van der Waals surface area contributed by atoms with Gasteiger partial charge in [0.2, 0.25) is 0 Å². The van der Waals surface area contributed by atoms with Crippen LogP contribution in [0, 0.1) is 9.62 Å². The first-order chi connectivity index (χ1) is 6.74. The van der Waals surface area contributed by atoms with Crippen LogP contribution in [0.2, 0.25) is 0 Å². The average Bonchev–Trinajstić information content (AvgIpc) is 2.51. The average molecular weight is 327 g/mol. The third-order valence-corrected chi connectivity index (χ3v) is 3.28. The Balaban J connectivity index is 1.90. The van der Waals surface area contributed by atoms with Gasteiger partial charge in [-0.15, -0.1) is 0 Å². The molecule has 1 aromatic rings. The summed E-state index contributed by atoms with van der Waals surface area (Å²) in [5.74, 6) is 0.599. The number of alkyl halides is 1. The molecule has 14 heavy (non-hydrogen) atoms. The molecule has 1 aliphatic rings. The Morgan fingerprint density at radius 2 is 2.57 bits per heavy atom. The second kappa shape index (κ2) is 4.81. The SMILES string of the molecule is ClC1CC(Cn2ccc(I)n2)CCO1. The Morgan fingerprint density at radius 1 is 1.71 bits per heavy atom. The maximum atomic E-state index is 5.93. The van der Waals surface area contributed by atoms with Crippen molar-refractivity contribution in [3.63, 3.8) is 0 Å². The smallest absolute Gasteiger partial charge is 0.131 e. The summed E-state index contributed by atoms with van der Waals surface area (Å²) < 4.78 is 8.31. The lowest BCUT2D eigenvalue weighted by molar-refractivity contribution is 0.0339. The summed E-state index contributed by atoms with van der Waals surface area (Å²) in [5.41, 5.74) is -0.108. The lowest BCUT2D eigenvalue weighted by Crippen LogP contribution is -2.24. The molecule has 0 bridgehead atoms. The van der Waals surface area contributed by atoms with E-state index >= 15 is 0 Å². The Labute approximate surface area is 102 Å². The minimum absolute atomic E-state index is 0.108. The molecule has 2 heterocycles. The molecule has 0 radical (unpaired) electrons. The standard InChI is InChI=1S/C9H12ClIN2O/c10-8-5-7(2-4-14-8)6-13-3-1-9(11)12-13/h1,3,7-8H,2,4-6H2. The van der Waals surface area contributed by atoms with Gasteiger partial charge in [-0.2, -0.15) is 5.10 Å². The largest absolute Gasteiger partial charge is 0.362 e. The van der Waals surface area contributed by atoms with Gasteiger partial charge >= 0.3 is 0 Å². The summed E-state index contributed by atoms with van der Waals surface area (Å²) >= 11 is 8.15. The molecular weight excluding hydrogens is 314 g/mol. The first-order valence-corrected chi connectivity index (χ1v) is 6.20. The first-order valence-electron chi connectivity index (χ1n) is 4.68. The van der Waals surface area contributed by atoms with Crippen molar-refractivity contribution >= 4 is 34.2 Å². The van der Waals surface area contributed by atoms with Crippen LogP contribution in [0.15, 0.2) is 12.3 Å². The molecule has 2 rings (SSSR count). The molecule has 0 aliphatic carbocycles. The number of hydrogen-bond acceptors (Lipinski definition) is 2. The Hall–Kier alpha value is 0.190. The monoisotopic (exact) mass is 326 g/mol. The second-order valence-electron chi connectivity index (χ2n) is 3.53. The zero-order chi connectivity index (χ0) is 9.97. The molecule has 0 N–H and O–H groups in total. The van der Waals surface area contributed by atoms with Crippen molar-refractivity contribution in [2.24, 2.45) is 5.92 Å². The van der Waals surface area contributed by atoms with Crippen molar-refractivity contribution in [3.05, 3.63) is 16.0 Å². The minimum Gasteiger partial charge on any atom is -0.362 e. The first kappa shape index (κ1) is 10.7. The van der Waals surface area contributed by atoms with Crippen LogP contribution in [0.3, 0.4) is 0 Å². The molecule has 1 aliphatic heterocycles. The van der Waals surface area contributed by atoms with E-state index in [2.05, 4.69) is 27.7 Å². The zero-order valence-electron chi connectivity index (χ0n) is 7.70. The third kappa shape index (κ3) is 2.84. The minimum atomic E-state index is -0.108. The molecular formula is C9H12ClIN2O. The maximum Gasteiger partial charge on any atom is 0.131 e. The van der Waals surface area contributed by atoms with Gasteiger partial charge in [0.1, 0.15) is 9.26 Å². The van der Waals surface area contributed by atoms with Crippen LogP contribution in [-0.2, 0) is 11.3 Å². The predicted octanol–water partition coefficient (Wildman–Crippen LogP) is 2.48. The number of ether oxygens (including phenoxy) is 1. The van der Waals surface area contributed by atoms with E-state index in [1.54, 1.807) is 0 Å². The van der Waals surface area contributed by atoms with Gasteiger partial charge in [-0.1, -0.05) is 11.6 Å². The van der Waals surface area contributed by atoms with Crippen molar-refractivity contribution in [2.45, 2.75) is 24.9 Å². The molecule has 0 amide bonds. The molecule has 3 nitrogen and oxygen atoms in total. The molecule has 1 fully saturated rings. The van der Waals surface area contributed by atoms with Crippen LogP contribution in [0.1, 0.15) is 12.8 Å². The van der Waals surface area contributed by atoms with Gasteiger partial charge in [-0.25, -0.2) is 0 Å². The van der Waals surface area contributed by atoms with Crippen LogP contribution in [-0.4, -0.2) is 22.0 Å². The maximum absolute atomic E-state index is 5.93. The summed E-state index contributed by atoms with van der Waals surface area (Å²) in [6.45, 7) is 1.73. The van der Waals surface area contributed by atoms with Crippen molar-refractivity contribution in [3.8, 4) is 0 Å². The highest BCUT2D eigenvalue weighted by Gasteiger charge is 2.21. The van der Waals surface area contributed by atoms with E-state index in [1.807, 2.05) is 16.9 Å². The summed E-state index contributed by atoms with van der Waals surface area (Å²) in [6.07, 6.45) is 4.03. The molecule has 2 atom stereocenters. The van der Waals surface area contributed by atoms with Crippen LogP contribution in [0.5, 0.6) is 0 Å². The highest BCUT2D eigenvalue weighted by molar-refractivity contribution is 14.1. The van der Waals surface area contributed by atoms with E-state index in [0.717, 1.165) is 29.7 Å². The normalized spacial score (nSPS) is 27.9. The number of aromatic nitrogens is 2. The Kier molecular flexibility index (Phi) is 3.67. The van der Waals surface area contributed by atoms with Crippen LogP contribution in [0.4, 0.5) is 0 Å². The molecule has 2 unspecified atom stereocenters. The summed E-state index contributed by atoms with van der Waals surface area (Å²) in [6, 6.07) is 2.01. The van der Waals surface area contributed by atoms with Crippen molar-refractivity contribution in [1.82, 2.24) is 9.78 Å². The van der Waals surface area contributed by atoms with E-state index in [0.29, 0.717) is 5.92 Å². The molecule has 1 aromatic heterocycles. The summed E-state index contributed by atoms with van der Waals surface area (Å²) in [4.78, 5) is 0. The van der Waals surface area contributed by atoms with Gasteiger partial charge in [-0.05, 0) is 47.4 Å².